The van der Waals surface area contributed by atoms with E-state index in [4.69, 9.17) is 10.5 Å². The van der Waals surface area contributed by atoms with E-state index in [9.17, 15) is 4.79 Å². The summed E-state index contributed by atoms with van der Waals surface area (Å²) in [6.45, 7) is 5.97. The minimum Gasteiger partial charge on any atom is -0.483 e. The number of nitrogens with two attached hydrogens (primary N) is 1. The Hall–Kier alpha value is -1.81. The summed E-state index contributed by atoms with van der Waals surface area (Å²) in [5, 5.41) is 2.65. The number of para-hydroxylation sites is 1. The van der Waals surface area contributed by atoms with Crippen LogP contribution in [0.15, 0.2) is 36.9 Å². The van der Waals surface area contributed by atoms with Crippen molar-refractivity contribution in [1.29, 1.82) is 0 Å². The van der Waals surface area contributed by atoms with Gasteiger partial charge in [-0.25, -0.2) is 0 Å². The van der Waals surface area contributed by atoms with Crippen molar-refractivity contribution in [3.63, 3.8) is 0 Å². The zero-order chi connectivity index (χ0) is 13.4. The minimum absolute atomic E-state index is 0.0126. The maximum absolute atomic E-state index is 11.4. The summed E-state index contributed by atoms with van der Waals surface area (Å²) in [5.74, 6) is 0.496. The molecule has 0 radical (unpaired) electrons. The van der Waals surface area contributed by atoms with Gasteiger partial charge < -0.3 is 15.8 Å². The van der Waals surface area contributed by atoms with Gasteiger partial charge in [0.15, 0.2) is 6.61 Å². The van der Waals surface area contributed by atoms with E-state index in [-0.39, 0.29) is 18.6 Å². The number of amides is 1. The summed E-state index contributed by atoms with van der Waals surface area (Å²) >= 11 is 0. The number of hydrogen-bond donors (Lipinski definition) is 2. The first kappa shape index (κ1) is 14.3. The second-order valence-corrected chi connectivity index (χ2v) is 3.93. The third kappa shape index (κ3) is 4.22. The molecule has 1 rings (SSSR count). The average molecular weight is 248 g/mol. The van der Waals surface area contributed by atoms with Crippen LogP contribution in [-0.4, -0.2) is 19.1 Å². The molecule has 4 heteroatoms. The van der Waals surface area contributed by atoms with Crippen LogP contribution in [0.3, 0.4) is 0 Å². The summed E-state index contributed by atoms with van der Waals surface area (Å²) in [5.41, 5.74) is 6.92. The summed E-state index contributed by atoms with van der Waals surface area (Å²) in [6.07, 6.45) is 2.45. The average Bonchev–Trinajstić information content (AvgIpc) is 2.42. The molecule has 0 heterocycles. The number of carbonyl (C=O) groups excluding carboxylic acids is 1. The van der Waals surface area contributed by atoms with Gasteiger partial charge in [0, 0.05) is 18.2 Å². The largest absolute Gasteiger partial charge is 0.483 e. The summed E-state index contributed by atoms with van der Waals surface area (Å²) in [4.78, 5) is 11.4. The van der Waals surface area contributed by atoms with Crippen LogP contribution >= 0.6 is 0 Å². The van der Waals surface area contributed by atoms with Gasteiger partial charge in [0.2, 0.25) is 0 Å². The fourth-order valence-corrected chi connectivity index (χ4v) is 1.52. The van der Waals surface area contributed by atoms with E-state index in [0.717, 1.165) is 12.0 Å². The van der Waals surface area contributed by atoms with Crippen LogP contribution in [0, 0.1) is 0 Å². The van der Waals surface area contributed by atoms with Gasteiger partial charge in [-0.1, -0.05) is 31.2 Å². The molecule has 1 atom stereocenters. The van der Waals surface area contributed by atoms with Crippen molar-refractivity contribution in [3.8, 4) is 5.75 Å². The zero-order valence-corrected chi connectivity index (χ0v) is 10.7. The van der Waals surface area contributed by atoms with Crippen LogP contribution in [0.25, 0.3) is 0 Å². The van der Waals surface area contributed by atoms with E-state index in [1.807, 2.05) is 31.2 Å². The number of rotatable bonds is 7. The quantitative estimate of drug-likeness (QED) is 0.723. The van der Waals surface area contributed by atoms with E-state index in [2.05, 4.69) is 11.9 Å². The topological polar surface area (TPSA) is 64.3 Å². The Bertz CT molecular complexity index is 405. The number of ether oxygens (including phenoxy) is 1. The molecular weight excluding hydrogens is 228 g/mol. The highest BCUT2D eigenvalue weighted by Gasteiger charge is 2.10. The van der Waals surface area contributed by atoms with E-state index >= 15 is 0 Å². The van der Waals surface area contributed by atoms with Gasteiger partial charge in [0.1, 0.15) is 5.75 Å². The maximum Gasteiger partial charge on any atom is 0.258 e. The van der Waals surface area contributed by atoms with Crippen molar-refractivity contribution < 1.29 is 9.53 Å². The SMILES string of the molecule is C=CCNC(=O)COc1ccccc1[C@H](N)CC. The molecule has 1 aromatic rings. The standard InChI is InChI=1S/C14H20N2O2/c1-3-9-16-14(17)10-18-13-8-6-5-7-11(13)12(15)4-2/h3,5-8,12H,1,4,9-10,15H2,2H3,(H,16,17)/t12-/m1/s1. The molecule has 0 unspecified atom stereocenters. The number of benzene rings is 1. The van der Waals surface area contributed by atoms with Gasteiger partial charge in [0.25, 0.3) is 5.91 Å². The van der Waals surface area contributed by atoms with Crippen molar-refractivity contribution >= 4 is 5.91 Å². The molecule has 1 aromatic carbocycles. The molecule has 4 nitrogen and oxygen atoms in total. The zero-order valence-electron chi connectivity index (χ0n) is 10.7. The molecule has 18 heavy (non-hydrogen) atoms. The Kier molecular flexibility index (Phi) is 5.94. The van der Waals surface area contributed by atoms with Crippen molar-refractivity contribution in [3.05, 3.63) is 42.5 Å². The lowest BCUT2D eigenvalue weighted by molar-refractivity contribution is -0.122. The molecule has 1 amide bonds. The maximum atomic E-state index is 11.4. The summed E-state index contributed by atoms with van der Waals surface area (Å²) in [7, 11) is 0. The van der Waals surface area contributed by atoms with Crippen LogP contribution < -0.4 is 15.8 Å². The van der Waals surface area contributed by atoms with Gasteiger partial charge in [-0.05, 0) is 12.5 Å². The lowest BCUT2D eigenvalue weighted by Gasteiger charge is -2.15. The first-order chi connectivity index (χ1) is 8.69. The molecule has 0 saturated heterocycles. The van der Waals surface area contributed by atoms with E-state index in [1.165, 1.54) is 0 Å². The lowest BCUT2D eigenvalue weighted by atomic mass is 10.0. The highest BCUT2D eigenvalue weighted by atomic mass is 16.5. The summed E-state index contributed by atoms with van der Waals surface area (Å²) < 4.78 is 5.49. The Balaban J connectivity index is 2.61. The highest BCUT2D eigenvalue weighted by Crippen LogP contribution is 2.25. The molecule has 0 aliphatic rings. The van der Waals surface area contributed by atoms with Gasteiger partial charge >= 0.3 is 0 Å². The predicted octanol–water partition coefficient (Wildman–Crippen LogP) is 1.78. The highest BCUT2D eigenvalue weighted by molar-refractivity contribution is 5.77. The Morgan fingerprint density at radius 3 is 2.94 bits per heavy atom. The van der Waals surface area contributed by atoms with Gasteiger partial charge in [-0.2, -0.15) is 0 Å². The fourth-order valence-electron chi connectivity index (χ4n) is 1.52. The second kappa shape index (κ2) is 7.50. The molecular formula is C14H20N2O2. The van der Waals surface area contributed by atoms with Crippen LogP contribution in [0.2, 0.25) is 0 Å². The van der Waals surface area contributed by atoms with Crippen molar-refractivity contribution in [2.24, 2.45) is 5.73 Å². The Labute approximate surface area is 108 Å². The van der Waals surface area contributed by atoms with Crippen molar-refractivity contribution in [1.82, 2.24) is 5.32 Å². The van der Waals surface area contributed by atoms with Crippen LogP contribution in [0.4, 0.5) is 0 Å². The lowest BCUT2D eigenvalue weighted by Crippen LogP contribution is -2.29. The van der Waals surface area contributed by atoms with E-state index in [0.29, 0.717) is 12.3 Å². The third-order valence-corrected chi connectivity index (χ3v) is 2.56. The van der Waals surface area contributed by atoms with Crippen molar-refractivity contribution in [2.75, 3.05) is 13.2 Å². The van der Waals surface area contributed by atoms with E-state index in [1.54, 1.807) is 6.08 Å². The number of hydrogen-bond acceptors (Lipinski definition) is 3. The molecule has 0 saturated carbocycles. The molecule has 0 spiro atoms. The molecule has 0 fully saturated rings. The first-order valence-electron chi connectivity index (χ1n) is 6.04. The van der Waals surface area contributed by atoms with Crippen LogP contribution in [0.5, 0.6) is 5.75 Å². The Morgan fingerprint density at radius 2 is 2.28 bits per heavy atom. The van der Waals surface area contributed by atoms with Gasteiger partial charge in [0.05, 0.1) is 0 Å². The van der Waals surface area contributed by atoms with E-state index < -0.39 is 0 Å². The molecule has 0 aromatic heterocycles. The molecule has 3 N–H and O–H groups in total. The van der Waals surface area contributed by atoms with Gasteiger partial charge in [-0.3, -0.25) is 4.79 Å². The number of carbonyl (C=O) groups is 1. The van der Waals surface area contributed by atoms with Crippen LogP contribution in [-0.2, 0) is 4.79 Å². The van der Waals surface area contributed by atoms with Gasteiger partial charge in [-0.15, -0.1) is 6.58 Å². The van der Waals surface area contributed by atoms with Crippen molar-refractivity contribution in [2.45, 2.75) is 19.4 Å². The smallest absolute Gasteiger partial charge is 0.258 e. The monoisotopic (exact) mass is 248 g/mol. The number of nitrogens with one attached hydrogen (secondary N) is 1. The predicted molar refractivity (Wildman–Crippen MR) is 72.4 cm³/mol. The second-order valence-electron chi connectivity index (χ2n) is 3.93. The fraction of sp³-hybridized carbons (Fsp3) is 0.357. The third-order valence-electron chi connectivity index (χ3n) is 2.56. The summed E-state index contributed by atoms with van der Waals surface area (Å²) in [6, 6.07) is 7.45. The van der Waals surface area contributed by atoms with Crippen LogP contribution in [0.1, 0.15) is 24.9 Å². The molecule has 0 aliphatic heterocycles. The normalized spacial score (nSPS) is 11.7. The molecule has 98 valence electrons. The minimum atomic E-state index is -0.172. The Morgan fingerprint density at radius 1 is 1.56 bits per heavy atom. The molecule has 0 bridgehead atoms. The first-order valence-corrected chi connectivity index (χ1v) is 6.04. The molecule has 0 aliphatic carbocycles.